The smallest absolute Gasteiger partial charge is 0.244 e. The highest BCUT2D eigenvalue weighted by Crippen LogP contribution is 2.20. The predicted octanol–water partition coefficient (Wildman–Crippen LogP) is 3.23. The van der Waals surface area contributed by atoms with E-state index in [0.717, 1.165) is 0 Å². The Hall–Kier alpha value is -1.39. The molecule has 20 heavy (non-hydrogen) atoms. The number of benzene rings is 1. The number of nitrogens with one attached hydrogen (secondary N) is 1. The predicted molar refractivity (Wildman–Crippen MR) is 78.0 cm³/mol. The lowest BCUT2D eigenvalue weighted by Gasteiger charge is -2.17. The van der Waals surface area contributed by atoms with Gasteiger partial charge in [0.2, 0.25) is 5.91 Å². The van der Waals surface area contributed by atoms with E-state index in [1.165, 1.54) is 18.2 Å². The number of hydrogen-bond acceptors (Lipinski definition) is 2. The van der Waals surface area contributed by atoms with Crippen LogP contribution in [0.5, 0.6) is 0 Å². The quantitative estimate of drug-likeness (QED) is 0.839. The molecule has 1 atom stereocenters. The molecule has 0 fully saturated rings. The van der Waals surface area contributed by atoms with Gasteiger partial charge in [-0.1, -0.05) is 44.5 Å². The second kappa shape index (κ2) is 6.86. The maximum atomic E-state index is 13.4. The number of carbonyl (C=O) groups is 1. The number of amides is 1. The maximum Gasteiger partial charge on any atom is 0.244 e. The number of carbonyl (C=O) groups excluding carboxylic acids is 1. The minimum absolute atomic E-state index is 0.00407. The Morgan fingerprint density at radius 2 is 2.15 bits per heavy atom. The average Bonchev–Trinajstić information content (AvgIpc) is 2.36. The summed E-state index contributed by atoms with van der Waals surface area (Å²) in [4.78, 5) is 11.8. The molecule has 0 radical (unpaired) electrons. The Kier molecular flexibility index (Phi) is 5.72. The standard InChI is InChI=1S/C15H19ClFNO2/c1-15(2,3)7-6-14(20)18-13(9-19)10-4-5-11(16)12(17)8-10/h4-8,13,19H,9H2,1-3H3,(H,18,20)/b7-6+. The first-order valence-corrected chi connectivity index (χ1v) is 6.66. The van der Waals surface area contributed by atoms with Crippen LogP contribution in [0.25, 0.3) is 0 Å². The molecule has 1 amide bonds. The van der Waals surface area contributed by atoms with Gasteiger partial charge in [-0.3, -0.25) is 4.79 Å². The fraction of sp³-hybridized carbons (Fsp3) is 0.400. The minimum Gasteiger partial charge on any atom is -0.394 e. The van der Waals surface area contributed by atoms with Gasteiger partial charge < -0.3 is 10.4 Å². The summed E-state index contributed by atoms with van der Waals surface area (Å²) < 4.78 is 13.4. The second-order valence-corrected chi connectivity index (χ2v) is 6.02. The van der Waals surface area contributed by atoms with Crippen molar-refractivity contribution in [3.05, 3.63) is 46.8 Å². The van der Waals surface area contributed by atoms with E-state index < -0.39 is 11.9 Å². The van der Waals surface area contributed by atoms with E-state index in [0.29, 0.717) is 5.56 Å². The number of rotatable bonds is 4. The van der Waals surface area contributed by atoms with Gasteiger partial charge in [-0.2, -0.15) is 0 Å². The fourth-order valence-corrected chi connectivity index (χ4v) is 1.63. The van der Waals surface area contributed by atoms with Crippen molar-refractivity contribution in [3.63, 3.8) is 0 Å². The molecular formula is C15H19ClFNO2. The van der Waals surface area contributed by atoms with E-state index in [9.17, 15) is 14.3 Å². The zero-order valence-corrected chi connectivity index (χ0v) is 12.5. The first kappa shape index (κ1) is 16.7. The van der Waals surface area contributed by atoms with Gasteiger partial charge in [-0.25, -0.2) is 4.39 Å². The average molecular weight is 300 g/mol. The summed E-state index contributed by atoms with van der Waals surface area (Å²) in [5, 5.41) is 11.9. The zero-order valence-electron chi connectivity index (χ0n) is 11.8. The molecule has 1 unspecified atom stereocenters. The fourth-order valence-electron chi connectivity index (χ4n) is 1.51. The largest absolute Gasteiger partial charge is 0.394 e. The summed E-state index contributed by atoms with van der Waals surface area (Å²) in [5.41, 5.74) is 0.352. The second-order valence-electron chi connectivity index (χ2n) is 5.62. The van der Waals surface area contributed by atoms with Crippen molar-refractivity contribution in [2.75, 3.05) is 6.61 Å². The topological polar surface area (TPSA) is 49.3 Å². The molecule has 0 bridgehead atoms. The normalized spacial score (nSPS) is 13.5. The number of halogens is 2. The molecule has 1 rings (SSSR count). The van der Waals surface area contributed by atoms with E-state index in [4.69, 9.17) is 11.6 Å². The number of aliphatic hydroxyl groups excluding tert-OH is 1. The molecule has 0 saturated heterocycles. The molecule has 1 aromatic carbocycles. The molecule has 0 aromatic heterocycles. The first-order chi connectivity index (χ1) is 9.23. The molecule has 0 spiro atoms. The number of allylic oxidation sites excluding steroid dienone is 1. The summed E-state index contributed by atoms with van der Waals surface area (Å²) in [6.45, 7) is 5.58. The van der Waals surface area contributed by atoms with Gasteiger partial charge in [0.25, 0.3) is 0 Å². The molecule has 110 valence electrons. The first-order valence-electron chi connectivity index (χ1n) is 6.28. The SMILES string of the molecule is CC(C)(C)/C=C/C(=O)NC(CO)c1ccc(Cl)c(F)c1. The summed E-state index contributed by atoms with van der Waals surface area (Å²) >= 11 is 5.60. The van der Waals surface area contributed by atoms with Crippen molar-refractivity contribution in [1.82, 2.24) is 5.32 Å². The minimum atomic E-state index is -0.668. The molecular weight excluding hydrogens is 281 g/mol. The lowest BCUT2D eigenvalue weighted by molar-refractivity contribution is -0.117. The summed E-state index contributed by atoms with van der Waals surface area (Å²) in [6.07, 6.45) is 3.17. The van der Waals surface area contributed by atoms with E-state index in [1.54, 1.807) is 12.1 Å². The molecule has 1 aromatic rings. The number of aliphatic hydroxyl groups is 1. The van der Waals surface area contributed by atoms with Crippen LogP contribution >= 0.6 is 11.6 Å². The Balaban J connectivity index is 2.79. The monoisotopic (exact) mass is 299 g/mol. The van der Waals surface area contributed by atoms with Crippen molar-refractivity contribution >= 4 is 17.5 Å². The molecule has 0 heterocycles. The van der Waals surface area contributed by atoms with Gasteiger partial charge in [0.1, 0.15) is 5.82 Å². The van der Waals surface area contributed by atoms with Crippen molar-refractivity contribution in [1.29, 1.82) is 0 Å². The summed E-state index contributed by atoms with van der Waals surface area (Å²) in [5.74, 6) is -0.920. The van der Waals surface area contributed by atoms with Gasteiger partial charge in [0, 0.05) is 0 Å². The van der Waals surface area contributed by atoms with Crippen LogP contribution < -0.4 is 5.32 Å². The lowest BCUT2D eigenvalue weighted by Crippen LogP contribution is -2.29. The lowest BCUT2D eigenvalue weighted by atomic mass is 9.96. The Morgan fingerprint density at radius 1 is 1.50 bits per heavy atom. The molecule has 3 nitrogen and oxygen atoms in total. The molecule has 0 saturated carbocycles. The molecule has 5 heteroatoms. The van der Waals surface area contributed by atoms with Gasteiger partial charge in [0.15, 0.2) is 0 Å². The van der Waals surface area contributed by atoms with Gasteiger partial charge in [-0.15, -0.1) is 0 Å². The van der Waals surface area contributed by atoms with Gasteiger partial charge in [0.05, 0.1) is 17.7 Å². The highest BCUT2D eigenvalue weighted by Gasteiger charge is 2.14. The van der Waals surface area contributed by atoms with Crippen LogP contribution in [-0.2, 0) is 4.79 Å². The molecule has 0 aliphatic carbocycles. The third-order valence-electron chi connectivity index (χ3n) is 2.58. The van der Waals surface area contributed by atoms with E-state index in [-0.39, 0.29) is 23.0 Å². The van der Waals surface area contributed by atoms with Crippen LogP contribution in [0.15, 0.2) is 30.4 Å². The van der Waals surface area contributed by atoms with Crippen molar-refractivity contribution in [2.45, 2.75) is 26.8 Å². The third kappa shape index (κ3) is 5.31. The maximum absolute atomic E-state index is 13.4. The van der Waals surface area contributed by atoms with Crippen molar-refractivity contribution in [3.8, 4) is 0 Å². The van der Waals surface area contributed by atoms with E-state index in [1.807, 2.05) is 20.8 Å². The van der Waals surface area contributed by atoms with Crippen LogP contribution in [0, 0.1) is 11.2 Å². The molecule has 0 aliphatic heterocycles. The van der Waals surface area contributed by atoms with Crippen molar-refractivity contribution < 1.29 is 14.3 Å². The summed E-state index contributed by atoms with van der Waals surface area (Å²) in [7, 11) is 0. The molecule has 2 N–H and O–H groups in total. The van der Waals surface area contributed by atoms with Gasteiger partial charge in [-0.05, 0) is 29.2 Å². The van der Waals surface area contributed by atoms with Crippen LogP contribution in [0.2, 0.25) is 5.02 Å². The highest BCUT2D eigenvalue weighted by atomic mass is 35.5. The summed E-state index contributed by atoms with van der Waals surface area (Å²) in [6, 6.07) is 3.50. The van der Waals surface area contributed by atoms with E-state index in [2.05, 4.69) is 5.32 Å². The number of hydrogen-bond donors (Lipinski definition) is 2. The Morgan fingerprint density at radius 3 is 2.65 bits per heavy atom. The highest BCUT2D eigenvalue weighted by molar-refractivity contribution is 6.30. The third-order valence-corrected chi connectivity index (χ3v) is 2.89. The Bertz CT molecular complexity index is 509. The van der Waals surface area contributed by atoms with E-state index >= 15 is 0 Å². The van der Waals surface area contributed by atoms with Gasteiger partial charge >= 0.3 is 0 Å². The van der Waals surface area contributed by atoms with Crippen molar-refractivity contribution in [2.24, 2.45) is 5.41 Å². The molecule has 0 aliphatic rings. The van der Waals surface area contributed by atoms with Crippen LogP contribution in [0.3, 0.4) is 0 Å². The van der Waals surface area contributed by atoms with Crippen LogP contribution in [-0.4, -0.2) is 17.6 Å². The Labute approximate surface area is 123 Å². The van der Waals surface area contributed by atoms with Crippen LogP contribution in [0.1, 0.15) is 32.4 Å². The zero-order chi connectivity index (χ0) is 15.3. The van der Waals surface area contributed by atoms with Crippen LogP contribution in [0.4, 0.5) is 4.39 Å².